The van der Waals surface area contributed by atoms with Gasteiger partial charge in [0.1, 0.15) is 16.9 Å². The summed E-state index contributed by atoms with van der Waals surface area (Å²) in [5.41, 5.74) is 0.945. The molecular formula is C14H17N3O3S. The van der Waals surface area contributed by atoms with E-state index in [0.717, 1.165) is 16.3 Å². The highest BCUT2D eigenvalue weighted by molar-refractivity contribution is 7.15. The summed E-state index contributed by atoms with van der Waals surface area (Å²) in [6.07, 6.45) is -0.583. The molecule has 2 rings (SSSR count). The lowest BCUT2D eigenvalue weighted by molar-refractivity contribution is -0.127. The van der Waals surface area contributed by atoms with E-state index in [0.29, 0.717) is 11.7 Å². The van der Waals surface area contributed by atoms with Gasteiger partial charge in [-0.05, 0) is 31.5 Å². The van der Waals surface area contributed by atoms with Crippen LogP contribution in [0.1, 0.15) is 17.5 Å². The number of aromatic nitrogens is 2. The van der Waals surface area contributed by atoms with Gasteiger partial charge in [0.2, 0.25) is 5.13 Å². The highest BCUT2D eigenvalue weighted by Gasteiger charge is 2.15. The van der Waals surface area contributed by atoms with Crippen LogP contribution in [-0.2, 0) is 16.1 Å². The van der Waals surface area contributed by atoms with E-state index in [-0.39, 0.29) is 5.91 Å². The molecule has 0 radical (unpaired) electrons. The number of nitrogens with zero attached hydrogens (tertiary/aromatic N) is 2. The molecule has 0 spiro atoms. The summed E-state index contributed by atoms with van der Waals surface area (Å²) in [6.45, 7) is 3.86. The van der Waals surface area contributed by atoms with Gasteiger partial charge in [-0.1, -0.05) is 23.5 Å². The van der Waals surface area contributed by atoms with Gasteiger partial charge in [-0.25, -0.2) is 0 Å². The normalized spacial score (nSPS) is 12.0. The quantitative estimate of drug-likeness (QED) is 0.887. The Hall–Kier alpha value is -1.99. The lowest BCUT2D eigenvalue weighted by atomic mass is 10.2. The standard InChI is InChI=1S/C14H17N3O3S/c1-9(13(18)15-14-17-16-10(2)21-14)20-8-11-5-4-6-12(7-11)19-3/h4-7,9H,8H2,1-3H3,(H,15,17,18). The minimum absolute atomic E-state index is 0.242. The summed E-state index contributed by atoms with van der Waals surface area (Å²) in [4.78, 5) is 11.9. The molecule has 0 fully saturated rings. The van der Waals surface area contributed by atoms with E-state index in [1.54, 1.807) is 14.0 Å². The monoisotopic (exact) mass is 307 g/mol. The number of methoxy groups -OCH3 is 1. The number of aryl methyl sites for hydroxylation is 1. The third kappa shape index (κ3) is 4.51. The van der Waals surface area contributed by atoms with E-state index < -0.39 is 6.10 Å². The maximum absolute atomic E-state index is 11.9. The minimum Gasteiger partial charge on any atom is -0.497 e. The molecular weight excluding hydrogens is 290 g/mol. The van der Waals surface area contributed by atoms with Crippen molar-refractivity contribution in [3.8, 4) is 5.75 Å². The largest absolute Gasteiger partial charge is 0.497 e. The third-order valence-corrected chi connectivity index (χ3v) is 3.51. The smallest absolute Gasteiger partial charge is 0.255 e. The number of benzene rings is 1. The van der Waals surface area contributed by atoms with Crippen LogP contribution in [0.4, 0.5) is 5.13 Å². The SMILES string of the molecule is COc1cccc(COC(C)C(=O)Nc2nnc(C)s2)c1. The van der Waals surface area contributed by atoms with Gasteiger partial charge in [0.25, 0.3) is 5.91 Å². The fourth-order valence-electron chi connectivity index (χ4n) is 1.61. The van der Waals surface area contributed by atoms with Crippen LogP contribution < -0.4 is 10.1 Å². The molecule has 0 bridgehead atoms. The van der Waals surface area contributed by atoms with Crippen molar-refractivity contribution < 1.29 is 14.3 Å². The number of hydrogen-bond donors (Lipinski definition) is 1. The highest BCUT2D eigenvalue weighted by Crippen LogP contribution is 2.16. The number of ether oxygens (including phenoxy) is 2. The van der Waals surface area contributed by atoms with E-state index in [1.165, 1.54) is 11.3 Å². The molecule has 1 aromatic carbocycles. The van der Waals surface area contributed by atoms with E-state index in [9.17, 15) is 4.79 Å². The number of anilines is 1. The van der Waals surface area contributed by atoms with E-state index in [1.807, 2.05) is 31.2 Å². The van der Waals surface area contributed by atoms with Gasteiger partial charge in [-0.15, -0.1) is 10.2 Å². The van der Waals surface area contributed by atoms with Crippen molar-refractivity contribution in [3.05, 3.63) is 34.8 Å². The summed E-state index contributed by atoms with van der Waals surface area (Å²) < 4.78 is 10.7. The summed E-state index contributed by atoms with van der Waals surface area (Å²) in [5, 5.41) is 11.6. The first kappa shape index (κ1) is 15.4. The molecule has 1 N–H and O–H groups in total. The number of carbonyl (C=O) groups is 1. The van der Waals surface area contributed by atoms with Crippen LogP contribution in [0.15, 0.2) is 24.3 Å². The molecule has 6 nitrogen and oxygen atoms in total. The van der Waals surface area contributed by atoms with Crippen LogP contribution >= 0.6 is 11.3 Å². The van der Waals surface area contributed by atoms with Crippen LogP contribution in [0.2, 0.25) is 0 Å². The Kier molecular flexibility index (Phi) is 5.24. The van der Waals surface area contributed by atoms with E-state index >= 15 is 0 Å². The van der Waals surface area contributed by atoms with Gasteiger partial charge in [-0.3, -0.25) is 10.1 Å². The molecule has 0 aliphatic carbocycles. The summed E-state index contributed by atoms with van der Waals surface area (Å²) in [7, 11) is 1.61. The molecule has 2 aromatic rings. The van der Waals surface area contributed by atoms with Crippen molar-refractivity contribution in [2.75, 3.05) is 12.4 Å². The fraction of sp³-hybridized carbons (Fsp3) is 0.357. The van der Waals surface area contributed by atoms with Crippen molar-refractivity contribution in [1.82, 2.24) is 10.2 Å². The zero-order valence-electron chi connectivity index (χ0n) is 12.1. The molecule has 0 saturated heterocycles. The first-order valence-electron chi connectivity index (χ1n) is 6.44. The predicted molar refractivity (Wildman–Crippen MR) is 80.5 cm³/mol. The van der Waals surface area contributed by atoms with Crippen LogP contribution in [-0.4, -0.2) is 29.3 Å². The lowest BCUT2D eigenvalue weighted by Gasteiger charge is -2.12. The van der Waals surface area contributed by atoms with Crippen LogP contribution in [0.3, 0.4) is 0 Å². The summed E-state index contributed by atoms with van der Waals surface area (Å²) in [5.74, 6) is 0.520. The summed E-state index contributed by atoms with van der Waals surface area (Å²) in [6, 6.07) is 7.53. The number of rotatable bonds is 6. The minimum atomic E-state index is -0.583. The average Bonchev–Trinajstić information content (AvgIpc) is 2.90. The summed E-state index contributed by atoms with van der Waals surface area (Å²) >= 11 is 1.33. The Morgan fingerprint density at radius 2 is 2.24 bits per heavy atom. The van der Waals surface area contributed by atoms with Gasteiger partial charge in [0.15, 0.2) is 0 Å². The fourth-order valence-corrected chi connectivity index (χ4v) is 2.21. The highest BCUT2D eigenvalue weighted by atomic mass is 32.1. The van der Waals surface area contributed by atoms with Crippen molar-refractivity contribution >= 4 is 22.4 Å². The predicted octanol–water partition coefficient (Wildman–Crippen LogP) is 2.40. The molecule has 21 heavy (non-hydrogen) atoms. The Morgan fingerprint density at radius 1 is 1.43 bits per heavy atom. The first-order chi connectivity index (χ1) is 10.1. The Labute approximate surface area is 127 Å². The maximum Gasteiger partial charge on any atom is 0.255 e. The van der Waals surface area contributed by atoms with E-state index in [4.69, 9.17) is 9.47 Å². The van der Waals surface area contributed by atoms with Gasteiger partial charge >= 0.3 is 0 Å². The Morgan fingerprint density at radius 3 is 2.90 bits per heavy atom. The number of nitrogens with one attached hydrogen (secondary N) is 1. The zero-order chi connectivity index (χ0) is 15.2. The molecule has 112 valence electrons. The average molecular weight is 307 g/mol. The molecule has 0 aliphatic rings. The third-order valence-electron chi connectivity index (χ3n) is 2.76. The second-order valence-corrected chi connectivity index (χ2v) is 5.60. The molecule has 1 aromatic heterocycles. The Bertz CT molecular complexity index is 615. The maximum atomic E-state index is 11.9. The second-order valence-electron chi connectivity index (χ2n) is 4.42. The van der Waals surface area contributed by atoms with Crippen LogP contribution in [0, 0.1) is 6.92 Å². The van der Waals surface area contributed by atoms with Gasteiger partial charge < -0.3 is 9.47 Å². The van der Waals surface area contributed by atoms with Crippen molar-refractivity contribution in [2.45, 2.75) is 26.6 Å². The molecule has 0 saturated carbocycles. The van der Waals surface area contributed by atoms with Crippen molar-refractivity contribution in [1.29, 1.82) is 0 Å². The number of carbonyl (C=O) groups excluding carboxylic acids is 1. The van der Waals surface area contributed by atoms with Gasteiger partial charge in [-0.2, -0.15) is 0 Å². The molecule has 0 aliphatic heterocycles. The number of amides is 1. The Balaban J connectivity index is 1.85. The van der Waals surface area contributed by atoms with Crippen LogP contribution in [0.25, 0.3) is 0 Å². The lowest BCUT2D eigenvalue weighted by Crippen LogP contribution is -2.27. The molecule has 1 atom stereocenters. The molecule has 1 heterocycles. The van der Waals surface area contributed by atoms with Crippen molar-refractivity contribution in [2.24, 2.45) is 0 Å². The zero-order valence-corrected chi connectivity index (χ0v) is 12.9. The molecule has 1 amide bonds. The molecule has 1 unspecified atom stereocenters. The van der Waals surface area contributed by atoms with Crippen LogP contribution in [0.5, 0.6) is 5.75 Å². The number of hydrogen-bond acceptors (Lipinski definition) is 6. The topological polar surface area (TPSA) is 73.3 Å². The van der Waals surface area contributed by atoms with Gasteiger partial charge in [0.05, 0.1) is 13.7 Å². The first-order valence-corrected chi connectivity index (χ1v) is 7.25. The second kappa shape index (κ2) is 7.14. The van der Waals surface area contributed by atoms with E-state index in [2.05, 4.69) is 15.5 Å². The molecule has 7 heteroatoms. The van der Waals surface area contributed by atoms with Gasteiger partial charge in [0, 0.05) is 0 Å². The van der Waals surface area contributed by atoms with Crippen molar-refractivity contribution in [3.63, 3.8) is 0 Å².